The summed E-state index contributed by atoms with van der Waals surface area (Å²) in [4.78, 5) is 12.8. The average Bonchev–Trinajstić information content (AvgIpc) is 3.33. The number of hydrogen-bond acceptors (Lipinski definition) is 10. The van der Waals surface area contributed by atoms with Crippen molar-refractivity contribution in [1.82, 2.24) is 19.5 Å². The van der Waals surface area contributed by atoms with Gasteiger partial charge in [0.25, 0.3) is 0 Å². The topological polar surface area (TPSA) is 142 Å². The van der Waals surface area contributed by atoms with Crippen LogP contribution in [0.1, 0.15) is 61.6 Å². The fourth-order valence-electron chi connectivity index (χ4n) is 5.74. The normalized spacial score (nSPS) is 28.2. The van der Waals surface area contributed by atoms with Crippen LogP contribution in [-0.4, -0.2) is 68.7 Å². The Kier molecular flexibility index (Phi) is 7.56. The highest BCUT2D eigenvalue weighted by molar-refractivity contribution is 6.84. The van der Waals surface area contributed by atoms with Crippen LogP contribution in [0.2, 0.25) is 22.2 Å². The molecule has 2 saturated heterocycles. The van der Waals surface area contributed by atoms with Crippen LogP contribution < -0.4 is 11.5 Å². The lowest BCUT2D eigenvalue weighted by atomic mass is 10.1. The molecule has 0 bridgehead atoms. The molecule has 2 aliphatic rings. The van der Waals surface area contributed by atoms with E-state index in [-0.39, 0.29) is 40.0 Å². The van der Waals surface area contributed by atoms with E-state index < -0.39 is 35.6 Å². The monoisotopic (exact) mass is 538 g/mol. The number of nitrogen functional groups attached to an aromatic ring is 2. The zero-order valence-corrected chi connectivity index (χ0v) is 24.9. The Hall–Kier alpha value is -1.62. The molecule has 2 aromatic rings. The van der Waals surface area contributed by atoms with Gasteiger partial charge < -0.3 is 33.9 Å². The lowest BCUT2D eigenvalue weighted by Crippen LogP contribution is -2.65. The molecule has 0 saturated carbocycles. The van der Waals surface area contributed by atoms with Gasteiger partial charge in [-0.3, -0.25) is 4.57 Å². The number of anilines is 2. The molecule has 202 valence electrons. The van der Waals surface area contributed by atoms with E-state index in [4.69, 9.17) is 33.9 Å². The van der Waals surface area contributed by atoms with Gasteiger partial charge in [-0.1, -0.05) is 55.4 Å². The fraction of sp³-hybridized carbons (Fsp3) is 0.783. The molecule has 2 aromatic heterocycles. The number of nitrogens with two attached hydrogens (primary N) is 2. The van der Waals surface area contributed by atoms with Crippen LogP contribution in [0.5, 0.6) is 0 Å². The quantitative estimate of drug-likeness (QED) is 0.521. The van der Waals surface area contributed by atoms with Gasteiger partial charge in [-0.05, 0) is 22.2 Å². The molecule has 4 N–H and O–H groups in total. The first kappa shape index (κ1) is 27.4. The van der Waals surface area contributed by atoms with Crippen LogP contribution in [0.3, 0.4) is 0 Å². The molecular weight excluding hydrogens is 496 g/mol. The summed E-state index contributed by atoms with van der Waals surface area (Å²) >= 11 is 0. The minimum absolute atomic E-state index is 0.0726. The van der Waals surface area contributed by atoms with Gasteiger partial charge in [-0.25, -0.2) is 4.98 Å². The number of hydrogen-bond donors (Lipinski definition) is 2. The zero-order valence-electron chi connectivity index (χ0n) is 22.9. The number of nitrogens with zero attached hydrogens (tertiary/aromatic N) is 4. The number of ether oxygens (including phenoxy) is 2. The summed E-state index contributed by atoms with van der Waals surface area (Å²) in [6, 6.07) is 0. The van der Waals surface area contributed by atoms with Crippen LogP contribution in [0.15, 0.2) is 6.33 Å². The number of aromatic nitrogens is 4. The first-order chi connectivity index (χ1) is 16.9. The van der Waals surface area contributed by atoms with Crippen LogP contribution in [0, 0.1) is 0 Å². The molecule has 0 aromatic carbocycles. The van der Waals surface area contributed by atoms with Gasteiger partial charge in [0, 0.05) is 7.11 Å². The third-order valence-corrected chi connectivity index (χ3v) is 17.9. The van der Waals surface area contributed by atoms with Crippen molar-refractivity contribution >= 4 is 40.1 Å². The highest BCUT2D eigenvalue weighted by atomic mass is 28.5. The first-order valence-electron chi connectivity index (χ1n) is 12.8. The molecule has 2 aliphatic heterocycles. The van der Waals surface area contributed by atoms with Gasteiger partial charge in [0.15, 0.2) is 17.7 Å². The Morgan fingerprint density at radius 3 is 2.14 bits per heavy atom. The highest BCUT2D eigenvalue weighted by Crippen LogP contribution is 2.49. The molecule has 0 amide bonds. The maximum Gasteiger partial charge on any atom is 0.335 e. The van der Waals surface area contributed by atoms with E-state index in [9.17, 15) is 0 Å². The van der Waals surface area contributed by atoms with Gasteiger partial charge in [0.2, 0.25) is 5.95 Å². The van der Waals surface area contributed by atoms with Crippen LogP contribution in [-0.2, 0) is 22.4 Å². The maximum atomic E-state index is 7.29. The lowest BCUT2D eigenvalue weighted by Gasteiger charge is -2.51. The van der Waals surface area contributed by atoms with E-state index in [2.05, 4.69) is 70.3 Å². The number of fused-ring (bicyclic) bond motifs is 2. The third-order valence-electron chi connectivity index (χ3n) is 7.63. The van der Waals surface area contributed by atoms with Gasteiger partial charge in [-0.2, -0.15) is 9.97 Å². The number of methoxy groups -OCH3 is 1. The molecule has 4 atom stereocenters. The summed E-state index contributed by atoms with van der Waals surface area (Å²) in [5, 5.41) is 0. The Labute approximate surface area is 215 Å². The Morgan fingerprint density at radius 1 is 0.972 bits per heavy atom. The molecular formula is C23H42N6O5Si2. The largest absolute Gasteiger partial charge is 0.414 e. The molecule has 4 heterocycles. The van der Waals surface area contributed by atoms with Crippen molar-refractivity contribution in [3.63, 3.8) is 0 Å². The molecule has 13 heteroatoms. The predicted octanol–water partition coefficient (Wildman–Crippen LogP) is 3.86. The van der Waals surface area contributed by atoms with Crippen molar-refractivity contribution in [3.8, 4) is 0 Å². The molecule has 0 radical (unpaired) electrons. The lowest BCUT2D eigenvalue weighted by molar-refractivity contribution is -0.0602. The van der Waals surface area contributed by atoms with Gasteiger partial charge in [0.1, 0.15) is 23.8 Å². The summed E-state index contributed by atoms with van der Waals surface area (Å²) in [6.45, 7) is 18.0. The first-order valence-corrected chi connectivity index (χ1v) is 16.8. The fourth-order valence-corrected chi connectivity index (χ4v) is 16.9. The van der Waals surface area contributed by atoms with Gasteiger partial charge >= 0.3 is 17.1 Å². The van der Waals surface area contributed by atoms with Crippen LogP contribution in [0.25, 0.3) is 11.2 Å². The molecule has 4 rings (SSSR count). The molecule has 36 heavy (non-hydrogen) atoms. The van der Waals surface area contributed by atoms with Crippen molar-refractivity contribution in [3.05, 3.63) is 6.33 Å². The van der Waals surface area contributed by atoms with E-state index in [1.807, 2.05) is 0 Å². The van der Waals surface area contributed by atoms with E-state index in [0.717, 1.165) is 0 Å². The second kappa shape index (κ2) is 9.93. The molecule has 0 spiro atoms. The summed E-state index contributed by atoms with van der Waals surface area (Å²) < 4.78 is 35.8. The minimum atomic E-state index is -2.82. The maximum absolute atomic E-state index is 7.29. The summed E-state index contributed by atoms with van der Waals surface area (Å²) in [7, 11) is -3.84. The highest BCUT2D eigenvalue weighted by Gasteiger charge is 2.62. The van der Waals surface area contributed by atoms with Crippen molar-refractivity contribution in [2.24, 2.45) is 0 Å². The zero-order chi connectivity index (χ0) is 26.6. The van der Waals surface area contributed by atoms with E-state index >= 15 is 0 Å². The van der Waals surface area contributed by atoms with Crippen molar-refractivity contribution in [2.75, 3.05) is 25.2 Å². The average molecular weight is 539 g/mol. The van der Waals surface area contributed by atoms with Crippen LogP contribution in [0.4, 0.5) is 11.8 Å². The standard InChI is InChI=1S/C23H42N6O5Si2/c1-12(2)35(13(3)4)31-10-16-18(33-36(34-35,14(5)6)15(7)8)19(30-9)22(32-16)29-11-26-17-20(24)27-23(25)28-21(17)29/h11-16,18-19,22H,10H2,1-9H3,(H4,24,25,27,28)/t16-,18-,19-,22?/m1/s1. The molecule has 0 aliphatic carbocycles. The minimum Gasteiger partial charge on any atom is -0.414 e. The third kappa shape index (κ3) is 4.27. The van der Waals surface area contributed by atoms with Crippen molar-refractivity contribution < 1.29 is 22.4 Å². The SMILES string of the molecule is CO[C@H]1C(n2cnc3c(N)nc(N)nc32)O[C@@H]2CO[Si](C(C)C)(C(C)C)O[Si](C(C)C)(C(C)C)O[C@H]21. The summed E-state index contributed by atoms with van der Waals surface area (Å²) in [6.07, 6.45) is -0.123. The Bertz CT molecular complexity index is 1060. The van der Waals surface area contributed by atoms with E-state index in [1.165, 1.54) is 0 Å². The van der Waals surface area contributed by atoms with Crippen molar-refractivity contribution in [1.29, 1.82) is 0 Å². The predicted molar refractivity (Wildman–Crippen MR) is 143 cm³/mol. The number of imidazole rings is 1. The second-order valence-corrected chi connectivity index (χ2v) is 20.0. The summed E-state index contributed by atoms with van der Waals surface area (Å²) in [5.41, 5.74) is 13.8. The van der Waals surface area contributed by atoms with E-state index in [0.29, 0.717) is 17.8 Å². The van der Waals surface area contributed by atoms with Gasteiger partial charge in [0.05, 0.1) is 12.9 Å². The molecule has 11 nitrogen and oxygen atoms in total. The van der Waals surface area contributed by atoms with Crippen LogP contribution >= 0.6 is 0 Å². The Morgan fingerprint density at radius 2 is 1.58 bits per heavy atom. The van der Waals surface area contributed by atoms with E-state index in [1.54, 1.807) is 18.0 Å². The molecule has 2 fully saturated rings. The van der Waals surface area contributed by atoms with Gasteiger partial charge in [-0.15, -0.1) is 0 Å². The second-order valence-electron chi connectivity index (χ2n) is 11.1. The van der Waals surface area contributed by atoms with Crippen molar-refractivity contribution in [2.45, 2.75) is 102 Å². The summed E-state index contributed by atoms with van der Waals surface area (Å²) in [5.74, 6) is 0.293. The smallest absolute Gasteiger partial charge is 0.335 e. The number of rotatable bonds is 6. The molecule has 1 unspecified atom stereocenters. The Balaban J connectivity index is 1.81.